The Bertz CT molecular complexity index is 1820. The van der Waals surface area contributed by atoms with Crippen molar-refractivity contribution in [3.05, 3.63) is 132 Å². The van der Waals surface area contributed by atoms with Crippen LogP contribution in [0.1, 0.15) is 86.0 Å². The van der Waals surface area contributed by atoms with Gasteiger partial charge in [-0.25, -0.2) is 0 Å². The lowest BCUT2D eigenvalue weighted by Crippen LogP contribution is -2.43. The van der Waals surface area contributed by atoms with Crippen LogP contribution in [0.3, 0.4) is 0 Å². The van der Waals surface area contributed by atoms with Gasteiger partial charge < -0.3 is 30.9 Å². The second-order valence-electron chi connectivity index (χ2n) is 14.1. The number of benzene rings is 4. The Kier molecular flexibility index (Phi) is 13.5. The molecule has 5 N–H and O–H groups in total. The van der Waals surface area contributed by atoms with E-state index in [2.05, 4.69) is 52.4 Å². The molecule has 2 amide bonds. The molecule has 9 nitrogen and oxygen atoms in total. The van der Waals surface area contributed by atoms with E-state index in [4.69, 9.17) is 15.2 Å². The minimum absolute atomic E-state index is 0.00460. The molecule has 278 valence electrons. The molecule has 0 aromatic heterocycles. The molecule has 0 bridgehead atoms. The Labute approximate surface area is 313 Å². The van der Waals surface area contributed by atoms with Crippen LogP contribution in [-0.2, 0) is 32.2 Å². The van der Waals surface area contributed by atoms with Crippen LogP contribution >= 0.6 is 0 Å². The number of rotatable bonds is 16. The van der Waals surface area contributed by atoms with E-state index in [1.54, 1.807) is 12.1 Å². The first-order valence-corrected chi connectivity index (χ1v) is 18.8. The van der Waals surface area contributed by atoms with E-state index in [1.807, 2.05) is 60.7 Å². The highest BCUT2D eigenvalue weighted by Gasteiger charge is 2.34. The monoisotopic (exact) mass is 716 g/mol. The number of para-hydroxylation sites is 2. The summed E-state index contributed by atoms with van der Waals surface area (Å²) in [6, 6.07) is 32.1. The third-order valence-corrected chi connectivity index (χ3v) is 10.2. The zero-order valence-corrected chi connectivity index (χ0v) is 30.4. The average Bonchev–Trinajstić information content (AvgIpc) is 3.73. The number of aliphatic hydroxyl groups is 1. The number of carbonyl (C=O) groups is 2. The van der Waals surface area contributed by atoms with Crippen molar-refractivity contribution in [3.63, 3.8) is 0 Å². The SMILES string of the molecule is C=CCN(CC1CC(c2ccc(CO)cc2)OC(c2cccc(-c3cccc(CNC(=O)CCCC(=O)Nc4ccccc4N)c3)c2)O1)C1CCCC1. The van der Waals surface area contributed by atoms with Crippen LogP contribution in [0.5, 0.6) is 0 Å². The lowest BCUT2D eigenvalue weighted by atomic mass is 9.98. The summed E-state index contributed by atoms with van der Waals surface area (Å²) in [7, 11) is 0. The molecule has 1 heterocycles. The second kappa shape index (κ2) is 18.8. The summed E-state index contributed by atoms with van der Waals surface area (Å²) in [4.78, 5) is 27.5. The molecule has 2 aliphatic rings. The second-order valence-corrected chi connectivity index (χ2v) is 14.1. The minimum Gasteiger partial charge on any atom is -0.397 e. The number of nitrogen functional groups attached to an aromatic ring is 1. The van der Waals surface area contributed by atoms with Gasteiger partial charge in [-0.05, 0) is 71.3 Å². The summed E-state index contributed by atoms with van der Waals surface area (Å²) in [6.07, 6.45) is 7.84. The van der Waals surface area contributed by atoms with Gasteiger partial charge in [0.2, 0.25) is 11.8 Å². The van der Waals surface area contributed by atoms with Crippen LogP contribution in [0.4, 0.5) is 11.4 Å². The fourth-order valence-electron chi connectivity index (χ4n) is 7.35. The van der Waals surface area contributed by atoms with Crippen molar-refractivity contribution < 1.29 is 24.2 Å². The number of aliphatic hydroxyl groups excluding tert-OH is 1. The molecule has 0 spiro atoms. The molecule has 4 aromatic carbocycles. The molecule has 1 aliphatic carbocycles. The third kappa shape index (κ3) is 10.6. The Morgan fingerprint density at radius 1 is 0.849 bits per heavy atom. The quantitative estimate of drug-likeness (QED) is 0.0688. The molecule has 9 heteroatoms. The molecule has 6 rings (SSSR count). The fourth-order valence-corrected chi connectivity index (χ4v) is 7.35. The van der Waals surface area contributed by atoms with E-state index in [0.29, 0.717) is 30.4 Å². The lowest BCUT2D eigenvalue weighted by molar-refractivity contribution is -0.253. The van der Waals surface area contributed by atoms with Crippen molar-refractivity contribution >= 4 is 23.2 Å². The van der Waals surface area contributed by atoms with Crippen molar-refractivity contribution in [2.75, 3.05) is 24.1 Å². The number of amides is 2. The standard InChI is InChI=1S/C44H52N4O5/c1-2-24-48(37-14-3-4-15-37)29-38-27-41(33-22-20-31(30-49)21-23-33)53-44(52-38)36-13-8-12-35(26-36)34-11-7-10-32(25-34)28-46-42(50)18-9-19-43(51)47-40-17-6-5-16-39(40)45/h2,5-8,10-13,16-17,20-23,25-26,37-38,41,44,49H,1,3-4,9,14-15,18-19,24,27-30,45H2,(H,46,50)(H,47,51). The van der Waals surface area contributed by atoms with Crippen molar-refractivity contribution in [2.45, 2.75) is 89.1 Å². The Morgan fingerprint density at radius 2 is 1.58 bits per heavy atom. The zero-order valence-electron chi connectivity index (χ0n) is 30.4. The maximum atomic E-state index is 12.6. The minimum atomic E-state index is -0.556. The topological polar surface area (TPSA) is 126 Å². The molecule has 3 atom stereocenters. The highest BCUT2D eigenvalue weighted by Crippen LogP contribution is 2.39. The number of nitrogens with zero attached hydrogens (tertiary/aromatic N) is 1. The number of ether oxygens (including phenoxy) is 2. The molecule has 53 heavy (non-hydrogen) atoms. The van der Waals surface area contributed by atoms with Gasteiger partial charge in [0.25, 0.3) is 0 Å². The van der Waals surface area contributed by atoms with Gasteiger partial charge in [-0.15, -0.1) is 6.58 Å². The first-order valence-electron chi connectivity index (χ1n) is 18.8. The molecule has 3 unspecified atom stereocenters. The molecule has 1 aliphatic heterocycles. The predicted octanol–water partition coefficient (Wildman–Crippen LogP) is 7.83. The maximum absolute atomic E-state index is 12.6. The Morgan fingerprint density at radius 3 is 2.34 bits per heavy atom. The van der Waals surface area contributed by atoms with Crippen LogP contribution in [0.15, 0.2) is 110 Å². The van der Waals surface area contributed by atoms with Crippen LogP contribution < -0.4 is 16.4 Å². The fraction of sp³-hybridized carbons (Fsp3) is 0.364. The largest absolute Gasteiger partial charge is 0.397 e. The molecule has 1 saturated heterocycles. The highest BCUT2D eigenvalue weighted by atomic mass is 16.7. The van der Waals surface area contributed by atoms with Gasteiger partial charge in [-0.1, -0.05) is 91.7 Å². The normalized spacial score (nSPS) is 18.9. The van der Waals surface area contributed by atoms with Crippen LogP contribution in [0, 0.1) is 0 Å². The highest BCUT2D eigenvalue weighted by molar-refractivity contribution is 5.94. The number of nitrogens with one attached hydrogen (secondary N) is 2. The Hall–Kier alpha value is -4.80. The number of anilines is 2. The maximum Gasteiger partial charge on any atom is 0.224 e. The summed E-state index contributed by atoms with van der Waals surface area (Å²) in [5, 5.41) is 15.4. The number of nitrogens with two attached hydrogens (primary N) is 1. The molecule has 4 aromatic rings. The molecule has 2 fully saturated rings. The summed E-state index contributed by atoms with van der Waals surface area (Å²) in [5.74, 6) is -0.276. The van der Waals surface area contributed by atoms with E-state index < -0.39 is 6.29 Å². The summed E-state index contributed by atoms with van der Waals surface area (Å²) in [5.41, 5.74) is 12.9. The van der Waals surface area contributed by atoms with Gasteiger partial charge in [0, 0.05) is 50.5 Å². The molecule has 1 saturated carbocycles. The Balaban J connectivity index is 1.09. The first-order chi connectivity index (χ1) is 25.9. The third-order valence-electron chi connectivity index (χ3n) is 10.2. The average molecular weight is 717 g/mol. The van der Waals surface area contributed by atoms with Crippen molar-refractivity contribution in [1.29, 1.82) is 0 Å². The first kappa shape index (κ1) is 37.9. The molecular formula is C44H52N4O5. The van der Waals surface area contributed by atoms with Gasteiger partial charge in [0.1, 0.15) is 0 Å². The van der Waals surface area contributed by atoms with Gasteiger partial charge in [0.05, 0.1) is 30.2 Å². The van der Waals surface area contributed by atoms with Crippen LogP contribution in [0.2, 0.25) is 0 Å². The van der Waals surface area contributed by atoms with Gasteiger partial charge in [-0.2, -0.15) is 0 Å². The van der Waals surface area contributed by atoms with Crippen molar-refractivity contribution in [2.24, 2.45) is 0 Å². The van der Waals surface area contributed by atoms with Crippen molar-refractivity contribution in [3.8, 4) is 11.1 Å². The van der Waals surface area contributed by atoms with E-state index in [0.717, 1.165) is 52.9 Å². The number of carbonyl (C=O) groups excluding carboxylic acids is 2. The number of hydrogen-bond acceptors (Lipinski definition) is 7. The van der Waals surface area contributed by atoms with E-state index in [1.165, 1.54) is 25.7 Å². The van der Waals surface area contributed by atoms with Gasteiger partial charge in [-0.3, -0.25) is 14.5 Å². The van der Waals surface area contributed by atoms with Gasteiger partial charge in [0.15, 0.2) is 6.29 Å². The molecule has 0 radical (unpaired) electrons. The van der Waals surface area contributed by atoms with E-state index in [-0.39, 0.29) is 43.5 Å². The molecular weight excluding hydrogens is 665 g/mol. The lowest BCUT2D eigenvalue weighted by Gasteiger charge is -2.39. The zero-order chi connectivity index (χ0) is 37.0. The van der Waals surface area contributed by atoms with Gasteiger partial charge >= 0.3 is 0 Å². The summed E-state index contributed by atoms with van der Waals surface area (Å²) >= 11 is 0. The summed E-state index contributed by atoms with van der Waals surface area (Å²) < 4.78 is 13.4. The predicted molar refractivity (Wildman–Crippen MR) is 210 cm³/mol. The van der Waals surface area contributed by atoms with E-state index >= 15 is 0 Å². The van der Waals surface area contributed by atoms with Crippen LogP contribution in [0.25, 0.3) is 11.1 Å². The number of hydrogen-bond donors (Lipinski definition) is 4. The van der Waals surface area contributed by atoms with E-state index in [9.17, 15) is 14.7 Å². The van der Waals surface area contributed by atoms with Crippen LogP contribution in [-0.4, -0.2) is 47.1 Å². The summed E-state index contributed by atoms with van der Waals surface area (Å²) in [6.45, 7) is 6.07. The van der Waals surface area contributed by atoms with Crippen molar-refractivity contribution in [1.82, 2.24) is 10.2 Å². The smallest absolute Gasteiger partial charge is 0.224 e.